The van der Waals surface area contributed by atoms with E-state index >= 15 is 0 Å². The largest absolute Gasteiger partial charge is 0.485 e. The Morgan fingerprint density at radius 2 is 2.11 bits per heavy atom. The van der Waals surface area contributed by atoms with Gasteiger partial charge >= 0.3 is 0 Å². The van der Waals surface area contributed by atoms with Crippen LogP contribution in [0.25, 0.3) is 0 Å². The van der Waals surface area contributed by atoms with Crippen LogP contribution in [-0.2, 0) is 6.54 Å². The number of hydrogen-bond acceptors (Lipinski definition) is 4. The number of halogens is 1. The predicted molar refractivity (Wildman–Crippen MR) is 67.0 cm³/mol. The smallest absolute Gasteiger partial charge is 0.219 e. The van der Waals surface area contributed by atoms with Crippen molar-refractivity contribution < 1.29 is 9.53 Å². The summed E-state index contributed by atoms with van der Waals surface area (Å²) >= 11 is 5.75. The first-order valence-corrected chi connectivity index (χ1v) is 5.88. The van der Waals surface area contributed by atoms with E-state index in [0.717, 1.165) is 0 Å². The molecule has 0 aliphatic rings. The van der Waals surface area contributed by atoms with Crippen LogP contribution < -0.4 is 4.74 Å². The summed E-state index contributed by atoms with van der Waals surface area (Å²) in [5.74, 6) is 0.445. The molecule has 0 amide bonds. The van der Waals surface area contributed by atoms with Gasteiger partial charge in [-0.05, 0) is 31.2 Å². The first-order valence-electron chi connectivity index (χ1n) is 5.50. The molecule has 0 N–H and O–H groups in total. The zero-order chi connectivity index (χ0) is 13.0. The standard InChI is InChI=1S/C12H12ClN3O2/c1-2-16-11(7-14-15-16)12(17)8-18-10-5-3-9(13)4-6-10/h3-7H,2,8H2,1H3. The molecule has 2 rings (SSSR count). The Kier molecular flexibility index (Phi) is 3.94. The number of carbonyl (C=O) groups excluding carboxylic acids is 1. The molecule has 0 spiro atoms. The first-order chi connectivity index (χ1) is 8.70. The van der Waals surface area contributed by atoms with Crippen LogP contribution in [0.3, 0.4) is 0 Å². The van der Waals surface area contributed by atoms with Gasteiger partial charge in [0.1, 0.15) is 11.4 Å². The zero-order valence-corrected chi connectivity index (χ0v) is 10.6. The first kappa shape index (κ1) is 12.6. The van der Waals surface area contributed by atoms with Gasteiger partial charge in [0.15, 0.2) is 6.61 Å². The Labute approximate surface area is 109 Å². The molecule has 5 nitrogen and oxygen atoms in total. The summed E-state index contributed by atoms with van der Waals surface area (Å²) in [6, 6.07) is 6.84. The summed E-state index contributed by atoms with van der Waals surface area (Å²) in [6.45, 7) is 2.45. The quantitative estimate of drug-likeness (QED) is 0.778. The minimum atomic E-state index is -0.156. The number of aromatic nitrogens is 3. The van der Waals surface area contributed by atoms with Gasteiger partial charge in [-0.2, -0.15) is 0 Å². The maximum absolute atomic E-state index is 11.9. The summed E-state index contributed by atoms with van der Waals surface area (Å²) in [7, 11) is 0. The molecule has 0 radical (unpaired) electrons. The molecule has 0 aliphatic heterocycles. The molecule has 1 heterocycles. The fourth-order valence-electron chi connectivity index (χ4n) is 1.46. The average molecular weight is 266 g/mol. The van der Waals surface area contributed by atoms with Crippen LogP contribution in [0, 0.1) is 0 Å². The van der Waals surface area contributed by atoms with Gasteiger partial charge in [-0.15, -0.1) is 5.10 Å². The van der Waals surface area contributed by atoms with E-state index in [-0.39, 0.29) is 12.4 Å². The van der Waals surface area contributed by atoms with Crippen LogP contribution >= 0.6 is 11.6 Å². The molecule has 1 aromatic carbocycles. The molecule has 0 saturated carbocycles. The monoisotopic (exact) mass is 265 g/mol. The lowest BCUT2D eigenvalue weighted by molar-refractivity contribution is 0.0911. The highest BCUT2D eigenvalue weighted by Crippen LogP contribution is 2.15. The fourth-order valence-corrected chi connectivity index (χ4v) is 1.59. The van der Waals surface area contributed by atoms with Crippen molar-refractivity contribution in [2.45, 2.75) is 13.5 Å². The normalized spacial score (nSPS) is 10.3. The number of rotatable bonds is 5. The van der Waals surface area contributed by atoms with Crippen LogP contribution in [0.5, 0.6) is 5.75 Å². The molecule has 2 aromatic rings. The van der Waals surface area contributed by atoms with Gasteiger partial charge in [0.05, 0.1) is 6.20 Å². The highest BCUT2D eigenvalue weighted by molar-refractivity contribution is 6.30. The molecular formula is C12H12ClN3O2. The van der Waals surface area contributed by atoms with E-state index in [2.05, 4.69) is 10.3 Å². The summed E-state index contributed by atoms with van der Waals surface area (Å²) in [5, 5.41) is 8.12. The van der Waals surface area contributed by atoms with E-state index in [9.17, 15) is 4.79 Å². The molecule has 1 aromatic heterocycles. The molecule has 94 valence electrons. The Bertz CT molecular complexity index is 537. The average Bonchev–Trinajstić information content (AvgIpc) is 2.86. The summed E-state index contributed by atoms with van der Waals surface area (Å²) in [4.78, 5) is 11.9. The minimum absolute atomic E-state index is 0.0466. The van der Waals surface area contributed by atoms with E-state index in [4.69, 9.17) is 16.3 Å². The lowest BCUT2D eigenvalue weighted by Crippen LogP contribution is -2.16. The molecule has 0 bridgehead atoms. The second kappa shape index (κ2) is 5.64. The molecule has 0 saturated heterocycles. The van der Waals surface area contributed by atoms with Gasteiger partial charge in [-0.3, -0.25) is 4.79 Å². The third-order valence-electron chi connectivity index (χ3n) is 2.39. The number of carbonyl (C=O) groups is 1. The second-order valence-electron chi connectivity index (χ2n) is 3.60. The Morgan fingerprint density at radius 1 is 1.39 bits per heavy atom. The molecule has 0 atom stereocenters. The molecule has 0 fully saturated rings. The topological polar surface area (TPSA) is 57.0 Å². The van der Waals surface area contributed by atoms with Gasteiger partial charge in [0, 0.05) is 11.6 Å². The van der Waals surface area contributed by atoms with Crippen molar-refractivity contribution in [3.63, 3.8) is 0 Å². The van der Waals surface area contributed by atoms with E-state index in [1.165, 1.54) is 10.9 Å². The van der Waals surface area contributed by atoms with Gasteiger partial charge in [-0.1, -0.05) is 16.8 Å². The molecule has 0 aliphatic carbocycles. The number of hydrogen-bond donors (Lipinski definition) is 0. The zero-order valence-electron chi connectivity index (χ0n) is 9.84. The van der Waals surface area contributed by atoms with Crippen LogP contribution in [0.4, 0.5) is 0 Å². The third kappa shape index (κ3) is 2.87. The number of ether oxygens (including phenoxy) is 1. The lowest BCUT2D eigenvalue weighted by Gasteiger charge is -2.05. The lowest BCUT2D eigenvalue weighted by atomic mass is 10.3. The number of aryl methyl sites for hydroxylation is 1. The van der Waals surface area contributed by atoms with Gasteiger partial charge in [-0.25, -0.2) is 4.68 Å². The number of nitrogens with zero attached hydrogens (tertiary/aromatic N) is 3. The van der Waals surface area contributed by atoms with E-state index in [0.29, 0.717) is 23.0 Å². The van der Waals surface area contributed by atoms with Crippen molar-refractivity contribution >= 4 is 17.4 Å². The van der Waals surface area contributed by atoms with Crippen molar-refractivity contribution in [3.8, 4) is 5.75 Å². The third-order valence-corrected chi connectivity index (χ3v) is 2.64. The van der Waals surface area contributed by atoms with Crippen LogP contribution in [0.1, 0.15) is 17.4 Å². The molecule has 6 heteroatoms. The molecule has 0 unspecified atom stereocenters. The van der Waals surface area contributed by atoms with Crippen LogP contribution in [0.15, 0.2) is 30.5 Å². The van der Waals surface area contributed by atoms with Crippen LogP contribution in [-0.4, -0.2) is 27.4 Å². The summed E-state index contributed by atoms with van der Waals surface area (Å²) < 4.78 is 6.90. The second-order valence-corrected chi connectivity index (χ2v) is 4.04. The maximum atomic E-state index is 11.9. The van der Waals surface area contributed by atoms with Gasteiger partial charge < -0.3 is 4.74 Å². The van der Waals surface area contributed by atoms with E-state index in [1.807, 2.05) is 6.92 Å². The van der Waals surface area contributed by atoms with E-state index < -0.39 is 0 Å². The highest BCUT2D eigenvalue weighted by Gasteiger charge is 2.12. The van der Waals surface area contributed by atoms with Gasteiger partial charge in [0.25, 0.3) is 0 Å². The summed E-state index contributed by atoms with van der Waals surface area (Å²) in [5.41, 5.74) is 0.450. The number of Topliss-reactive ketones (excluding diaryl/α,β-unsaturated/α-hetero) is 1. The SMILES string of the molecule is CCn1nncc1C(=O)COc1ccc(Cl)cc1. The Morgan fingerprint density at radius 3 is 2.78 bits per heavy atom. The predicted octanol–water partition coefficient (Wildman–Crippen LogP) is 2.21. The van der Waals surface area contributed by atoms with Gasteiger partial charge in [0.2, 0.25) is 5.78 Å². The maximum Gasteiger partial charge on any atom is 0.219 e. The van der Waals surface area contributed by atoms with Crippen molar-refractivity contribution in [1.82, 2.24) is 15.0 Å². The summed E-state index contributed by atoms with van der Waals surface area (Å²) in [6.07, 6.45) is 1.44. The van der Waals surface area contributed by atoms with Crippen LogP contribution in [0.2, 0.25) is 5.02 Å². The number of benzene rings is 1. The fraction of sp³-hybridized carbons (Fsp3) is 0.250. The molecule has 18 heavy (non-hydrogen) atoms. The Hall–Kier alpha value is -1.88. The van der Waals surface area contributed by atoms with Crippen molar-refractivity contribution in [2.75, 3.05) is 6.61 Å². The number of ketones is 1. The van der Waals surface area contributed by atoms with E-state index in [1.54, 1.807) is 24.3 Å². The van der Waals surface area contributed by atoms with Crippen molar-refractivity contribution in [3.05, 3.63) is 41.2 Å². The van der Waals surface area contributed by atoms with Crippen molar-refractivity contribution in [1.29, 1.82) is 0 Å². The van der Waals surface area contributed by atoms with Crippen molar-refractivity contribution in [2.24, 2.45) is 0 Å². The molecular weight excluding hydrogens is 254 g/mol. The minimum Gasteiger partial charge on any atom is -0.485 e. The highest BCUT2D eigenvalue weighted by atomic mass is 35.5. The Balaban J connectivity index is 1.98.